The minimum absolute atomic E-state index is 0.256. The summed E-state index contributed by atoms with van der Waals surface area (Å²) in [5.41, 5.74) is 2.69. The number of rotatable bonds is 3. The molecule has 2 N–H and O–H groups in total. The topological polar surface area (TPSA) is 41.1 Å². The van der Waals surface area contributed by atoms with Gasteiger partial charge in [0, 0.05) is 17.8 Å². The number of hydrogen-bond donors (Lipinski definition) is 2. The molecule has 20 heavy (non-hydrogen) atoms. The summed E-state index contributed by atoms with van der Waals surface area (Å²) in [7, 11) is 1.75. The monoisotopic (exact) mass is 308 g/mol. The van der Waals surface area contributed by atoms with Crippen molar-refractivity contribution in [2.45, 2.75) is 6.92 Å². The van der Waals surface area contributed by atoms with Crippen molar-refractivity contribution in [1.82, 2.24) is 0 Å². The smallest absolute Gasteiger partial charge is 0.257 e. The number of amides is 1. The van der Waals surface area contributed by atoms with E-state index in [-0.39, 0.29) is 5.91 Å². The first-order valence-corrected chi connectivity index (χ1v) is 6.82. The molecular weight excluding hydrogens is 295 g/mol. The van der Waals surface area contributed by atoms with Gasteiger partial charge in [-0.05, 0) is 36.8 Å². The van der Waals surface area contributed by atoms with E-state index in [4.69, 9.17) is 23.2 Å². The minimum atomic E-state index is -0.256. The van der Waals surface area contributed by atoms with Crippen LogP contribution in [0, 0.1) is 6.92 Å². The van der Waals surface area contributed by atoms with E-state index >= 15 is 0 Å². The van der Waals surface area contributed by atoms with Gasteiger partial charge in [-0.3, -0.25) is 4.79 Å². The van der Waals surface area contributed by atoms with Gasteiger partial charge in [0.25, 0.3) is 5.91 Å². The van der Waals surface area contributed by atoms with Crippen LogP contribution in [-0.2, 0) is 0 Å². The molecule has 0 bridgehead atoms. The molecule has 0 heterocycles. The van der Waals surface area contributed by atoms with Crippen LogP contribution in [-0.4, -0.2) is 13.0 Å². The van der Waals surface area contributed by atoms with Crippen LogP contribution in [0.3, 0.4) is 0 Å². The molecule has 2 aromatic carbocycles. The van der Waals surface area contributed by atoms with E-state index in [0.717, 1.165) is 5.56 Å². The van der Waals surface area contributed by atoms with Gasteiger partial charge >= 0.3 is 0 Å². The molecule has 0 saturated heterocycles. The van der Waals surface area contributed by atoms with Crippen molar-refractivity contribution in [2.75, 3.05) is 17.7 Å². The average molecular weight is 309 g/mol. The number of halogens is 2. The third-order valence-electron chi connectivity index (χ3n) is 2.96. The molecule has 0 unspecified atom stereocenters. The predicted molar refractivity (Wildman–Crippen MR) is 85.1 cm³/mol. The highest BCUT2D eigenvalue weighted by Crippen LogP contribution is 2.27. The van der Waals surface area contributed by atoms with Gasteiger partial charge < -0.3 is 10.6 Å². The molecule has 0 radical (unpaired) electrons. The molecule has 2 rings (SSSR count). The molecule has 0 aliphatic heterocycles. The number of nitrogens with one attached hydrogen (secondary N) is 2. The van der Waals surface area contributed by atoms with Crippen LogP contribution in [0.1, 0.15) is 15.9 Å². The zero-order valence-corrected chi connectivity index (χ0v) is 12.6. The fourth-order valence-electron chi connectivity index (χ4n) is 1.89. The lowest BCUT2D eigenvalue weighted by Crippen LogP contribution is -2.15. The summed E-state index contributed by atoms with van der Waals surface area (Å²) in [5, 5.41) is 6.80. The quantitative estimate of drug-likeness (QED) is 0.870. The Hall–Kier alpha value is -1.71. The van der Waals surface area contributed by atoms with Gasteiger partial charge in [0.2, 0.25) is 0 Å². The van der Waals surface area contributed by atoms with Crippen LogP contribution in [0.4, 0.5) is 11.4 Å². The zero-order chi connectivity index (χ0) is 14.7. The van der Waals surface area contributed by atoms with Crippen LogP contribution < -0.4 is 10.6 Å². The van der Waals surface area contributed by atoms with Crippen molar-refractivity contribution >= 4 is 40.5 Å². The van der Waals surface area contributed by atoms with E-state index in [1.807, 2.05) is 19.1 Å². The zero-order valence-electron chi connectivity index (χ0n) is 11.1. The number of aryl methyl sites for hydroxylation is 1. The molecule has 104 valence electrons. The molecule has 0 aromatic heterocycles. The number of carbonyl (C=O) groups is 1. The standard InChI is InChI=1S/C15H14Cl2N2O/c1-9-4-3-5-12(17)14(9)19-15(20)11-8-10(16)6-7-13(11)18-2/h3-8,18H,1-2H3,(H,19,20). The lowest BCUT2D eigenvalue weighted by Gasteiger charge is -2.13. The number of hydrogen-bond acceptors (Lipinski definition) is 2. The van der Waals surface area contributed by atoms with Gasteiger partial charge in [-0.2, -0.15) is 0 Å². The first-order valence-electron chi connectivity index (χ1n) is 6.06. The Bertz CT molecular complexity index is 636. The molecule has 3 nitrogen and oxygen atoms in total. The molecule has 0 spiro atoms. The summed E-state index contributed by atoms with van der Waals surface area (Å²) in [5.74, 6) is -0.256. The lowest BCUT2D eigenvalue weighted by molar-refractivity contribution is 0.102. The molecule has 0 aliphatic carbocycles. The number of para-hydroxylation sites is 1. The molecule has 0 atom stereocenters. The van der Waals surface area contributed by atoms with Gasteiger partial charge in [0.15, 0.2) is 0 Å². The van der Waals surface area contributed by atoms with Gasteiger partial charge in [-0.15, -0.1) is 0 Å². The summed E-state index contributed by atoms with van der Waals surface area (Å²) in [4.78, 5) is 12.4. The molecule has 0 saturated carbocycles. The van der Waals surface area contributed by atoms with Crippen LogP contribution in [0.25, 0.3) is 0 Å². The third-order valence-corrected chi connectivity index (χ3v) is 3.51. The maximum atomic E-state index is 12.4. The first-order chi connectivity index (χ1) is 9.52. The highest BCUT2D eigenvalue weighted by Gasteiger charge is 2.14. The first kappa shape index (κ1) is 14.7. The van der Waals surface area contributed by atoms with Crippen molar-refractivity contribution in [3.8, 4) is 0 Å². The van der Waals surface area contributed by atoms with E-state index in [1.54, 1.807) is 31.3 Å². The van der Waals surface area contributed by atoms with Crippen LogP contribution in [0.15, 0.2) is 36.4 Å². The second-order valence-corrected chi connectivity index (χ2v) is 5.17. The number of benzene rings is 2. The Morgan fingerprint density at radius 3 is 2.55 bits per heavy atom. The van der Waals surface area contributed by atoms with E-state index in [9.17, 15) is 4.79 Å². The van der Waals surface area contributed by atoms with Crippen LogP contribution in [0.2, 0.25) is 10.0 Å². The van der Waals surface area contributed by atoms with Gasteiger partial charge in [0.05, 0.1) is 16.3 Å². The molecular formula is C15H14Cl2N2O. The Balaban J connectivity index is 2.35. The van der Waals surface area contributed by atoms with Crippen LogP contribution >= 0.6 is 23.2 Å². The van der Waals surface area contributed by atoms with E-state index < -0.39 is 0 Å². The number of anilines is 2. The Kier molecular flexibility index (Phi) is 4.53. The highest BCUT2D eigenvalue weighted by molar-refractivity contribution is 6.34. The Morgan fingerprint density at radius 1 is 1.15 bits per heavy atom. The van der Waals surface area contributed by atoms with Crippen molar-refractivity contribution in [2.24, 2.45) is 0 Å². The fourth-order valence-corrected chi connectivity index (χ4v) is 2.33. The summed E-state index contributed by atoms with van der Waals surface area (Å²) in [6.07, 6.45) is 0. The number of carbonyl (C=O) groups excluding carboxylic acids is 1. The second-order valence-electron chi connectivity index (χ2n) is 4.33. The summed E-state index contributed by atoms with van der Waals surface area (Å²) in [6.45, 7) is 1.89. The largest absolute Gasteiger partial charge is 0.387 e. The molecule has 5 heteroatoms. The van der Waals surface area contributed by atoms with Crippen molar-refractivity contribution in [3.05, 3.63) is 57.6 Å². The Morgan fingerprint density at radius 2 is 1.90 bits per heavy atom. The predicted octanol–water partition coefficient (Wildman–Crippen LogP) is 4.60. The Labute approximate surface area is 127 Å². The molecule has 2 aromatic rings. The SMILES string of the molecule is CNc1ccc(Cl)cc1C(=O)Nc1c(C)cccc1Cl. The maximum absolute atomic E-state index is 12.4. The van der Waals surface area contributed by atoms with E-state index in [2.05, 4.69) is 10.6 Å². The maximum Gasteiger partial charge on any atom is 0.257 e. The van der Waals surface area contributed by atoms with E-state index in [1.165, 1.54) is 0 Å². The minimum Gasteiger partial charge on any atom is -0.387 e. The summed E-state index contributed by atoms with van der Waals surface area (Å²) >= 11 is 12.1. The van der Waals surface area contributed by atoms with Gasteiger partial charge in [0.1, 0.15) is 0 Å². The highest BCUT2D eigenvalue weighted by atomic mass is 35.5. The van der Waals surface area contributed by atoms with Crippen molar-refractivity contribution in [1.29, 1.82) is 0 Å². The van der Waals surface area contributed by atoms with Crippen molar-refractivity contribution < 1.29 is 4.79 Å². The molecule has 0 aliphatic rings. The average Bonchev–Trinajstić information content (AvgIpc) is 2.43. The van der Waals surface area contributed by atoms with Gasteiger partial charge in [-0.25, -0.2) is 0 Å². The fraction of sp³-hybridized carbons (Fsp3) is 0.133. The van der Waals surface area contributed by atoms with Crippen LogP contribution in [0.5, 0.6) is 0 Å². The lowest BCUT2D eigenvalue weighted by atomic mass is 10.1. The summed E-state index contributed by atoms with van der Waals surface area (Å²) < 4.78 is 0. The summed E-state index contributed by atoms with van der Waals surface area (Å²) in [6, 6.07) is 10.6. The van der Waals surface area contributed by atoms with E-state index in [0.29, 0.717) is 27.0 Å². The third kappa shape index (κ3) is 3.06. The second kappa shape index (κ2) is 6.16. The normalized spacial score (nSPS) is 10.2. The van der Waals surface area contributed by atoms with Gasteiger partial charge in [-0.1, -0.05) is 35.3 Å². The molecule has 1 amide bonds. The van der Waals surface area contributed by atoms with Crippen molar-refractivity contribution in [3.63, 3.8) is 0 Å². The molecule has 0 fully saturated rings.